The molecule has 0 aliphatic heterocycles. The van der Waals surface area contributed by atoms with E-state index in [9.17, 15) is 9.18 Å². The smallest absolute Gasteiger partial charge is 0.251 e. The van der Waals surface area contributed by atoms with E-state index in [-0.39, 0.29) is 16.3 Å². The van der Waals surface area contributed by atoms with Crippen LogP contribution in [0.3, 0.4) is 0 Å². The van der Waals surface area contributed by atoms with Crippen molar-refractivity contribution in [2.24, 2.45) is 5.73 Å². The van der Waals surface area contributed by atoms with E-state index in [2.05, 4.69) is 0 Å². The van der Waals surface area contributed by atoms with Crippen LogP contribution in [-0.4, -0.2) is 5.91 Å². The number of hydrogen-bond donors (Lipinski definition) is 2. The third-order valence-electron chi connectivity index (χ3n) is 1.35. The molecule has 5 heteroatoms. The summed E-state index contributed by atoms with van der Waals surface area (Å²) in [6.07, 6.45) is 0. The SMILES string of the molecule is NC(=O)c1cc(N)c(Cl)cc1F. The maximum atomic E-state index is 12.8. The van der Waals surface area contributed by atoms with Crippen molar-refractivity contribution in [1.82, 2.24) is 0 Å². The minimum absolute atomic E-state index is 0.0671. The molecule has 0 aromatic heterocycles. The van der Waals surface area contributed by atoms with Crippen LogP contribution in [0.5, 0.6) is 0 Å². The molecule has 3 nitrogen and oxygen atoms in total. The Balaban J connectivity index is 3.33. The van der Waals surface area contributed by atoms with Crippen molar-refractivity contribution in [3.63, 3.8) is 0 Å². The Hall–Kier alpha value is -1.29. The van der Waals surface area contributed by atoms with Gasteiger partial charge in [-0.05, 0) is 12.1 Å². The van der Waals surface area contributed by atoms with E-state index in [4.69, 9.17) is 23.1 Å². The molecule has 1 aromatic carbocycles. The molecule has 0 atom stereocenters. The van der Waals surface area contributed by atoms with Crippen molar-refractivity contribution >= 4 is 23.2 Å². The van der Waals surface area contributed by atoms with Crippen LogP contribution in [-0.2, 0) is 0 Å². The number of benzene rings is 1. The highest BCUT2D eigenvalue weighted by Crippen LogP contribution is 2.22. The molecular formula is C7H6ClFN2O. The summed E-state index contributed by atoms with van der Waals surface area (Å²) in [5.41, 5.74) is 10.1. The Morgan fingerprint density at radius 2 is 2.08 bits per heavy atom. The molecule has 0 saturated carbocycles. The zero-order chi connectivity index (χ0) is 9.30. The van der Waals surface area contributed by atoms with Crippen molar-refractivity contribution in [2.45, 2.75) is 0 Å². The summed E-state index contributed by atoms with van der Waals surface area (Å²) >= 11 is 5.47. The lowest BCUT2D eigenvalue weighted by molar-refractivity contribution is 0.0996. The van der Waals surface area contributed by atoms with Gasteiger partial charge in [0.15, 0.2) is 0 Å². The number of halogens is 2. The van der Waals surface area contributed by atoms with Crippen LogP contribution in [0.1, 0.15) is 10.4 Å². The average Bonchev–Trinajstić information content (AvgIpc) is 1.96. The van der Waals surface area contributed by atoms with E-state index in [1.165, 1.54) is 0 Å². The van der Waals surface area contributed by atoms with Gasteiger partial charge in [-0.25, -0.2) is 4.39 Å². The van der Waals surface area contributed by atoms with E-state index in [1.54, 1.807) is 0 Å². The first-order valence-corrected chi connectivity index (χ1v) is 3.44. The summed E-state index contributed by atoms with van der Waals surface area (Å²) in [5, 5.41) is 0.0671. The monoisotopic (exact) mass is 188 g/mol. The molecule has 64 valence electrons. The van der Waals surface area contributed by atoms with Crippen LogP contribution in [0.2, 0.25) is 5.02 Å². The first-order valence-electron chi connectivity index (χ1n) is 3.06. The fraction of sp³-hybridized carbons (Fsp3) is 0. The maximum absolute atomic E-state index is 12.8. The minimum Gasteiger partial charge on any atom is -0.397 e. The molecule has 0 radical (unpaired) electrons. The molecule has 0 unspecified atom stereocenters. The maximum Gasteiger partial charge on any atom is 0.251 e. The van der Waals surface area contributed by atoms with Crippen LogP contribution in [0.4, 0.5) is 10.1 Å². The summed E-state index contributed by atoms with van der Waals surface area (Å²) < 4.78 is 12.8. The molecule has 0 heterocycles. The summed E-state index contributed by atoms with van der Waals surface area (Å²) in [6, 6.07) is 2.07. The topological polar surface area (TPSA) is 69.1 Å². The number of carbonyl (C=O) groups excluding carboxylic acids is 1. The number of hydrogen-bond acceptors (Lipinski definition) is 2. The van der Waals surface area contributed by atoms with E-state index in [1.807, 2.05) is 0 Å². The van der Waals surface area contributed by atoms with Gasteiger partial charge in [0.25, 0.3) is 5.91 Å². The van der Waals surface area contributed by atoms with Gasteiger partial charge in [0.2, 0.25) is 0 Å². The second kappa shape index (κ2) is 2.98. The molecule has 4 N–H and O–H groups in total. The van der Waals surface area contributed by atoms with Gasteiger partial charge in [-0.2, -0.15) is 0 Å². The third-order valence-corrected chi connectivity index (χ3v) is 1.68. The van der Waals surface area contributed by atoms with Crippen molar-refractivity contribution in [2.75, 3.05) is 5.73 Å². The predicted octanol–water partition coefficient (Wildman–Crippen LogP) is 1.16. The molecule has 0 fully saturated rings. The summed E-state index contributed by atoms with van der Waals surface area (Å²) in [7, 11) is 0. The largest absolute Gasteiger partial charge is 0.397 e. The second-order valence-electron chi connectivity index (χ2n) is 2.22. The van der Waals surface area contributed by atoms with Crippen LogP contribution in [0, 0.1) is 5.82 Å². The lowest BCUT2D eigenvalue weighted by Gasteiger charge is -2.01. The van der Waals surface area contributed by atoms with Gasteiger partial charge in [0, 0.05) is 0 Å². The average molecular weight is 189 g/mol. The minimum atomic E-state index is -0.865. The van der Waals surface area contributed by atoms with E-state index < -0.39 is 11.7 Å². The number of anilines is 1. The molecule has 0 saturated heterocycles. The zero-order valence-corrected chi connectivity index (χ0v) is 6.73. The molecule has 0 spiro atoms. The molecule has 0 aliphatic rings. The molecule has 0 aliphatic carbocycles. The zero-order valence-electron chi connectivity index (χ0n) is 5.97. The number of primary amides is 1. The van der Waals surface area contributed by atoms with Gasteiger partial charge in [-0.15, -0.1) is 0 Å². The number of carbonyl (C=O) groups is 1. The van der Waals surface area contributed by atoms with Gasteiger partial charge in [0.05, 0.1) is 16.3 Å². The Bertz CT molecular complexity index is 340. The molecule has 12 heavy (non-hydrogen) atoms. The molecular weight excluding hydrogens is 183 g/mol. The number of amides is 1. The number of nitrogen functional groups attached to an aromatic ring is 1. The van der Waals surface area contributed by atoms with Crippen LogP contribution in [0.25, 0.3) is 0 Å². The highest BCUT2D eigenvalue weighted by Gasteiger charge is 2.10. The lowest BCUT2D eigenvalue weighted by atomic mass is 10.2. The Labute approximate surface area is 73.1 Å². The molecule has 1 rings (SSSR count). The quantitative estimate of drug-likeness (QED) is 0.650. The first kappa shape index (κ1) is 8.80. The highest BCUT2D eigenvalue weighted by molar-refractivity contribution is 6.33. The number of rotatable bonds is 1. The summed E-state index contributed by atoms with van der Waals surface area (Å²) in [6.45, 7) is 0. The van der Waals surface area contributed by atoms with Crippen LogP contribution < -0.4 is 11.5 Å². The van der Waals surface area contributed by atoms with Gasteiger partial charge in [-0.3, -0.25) is 4.79 Å². The fourth-order valence-electron chi connectivity index (χ4n) is 0.755. The van der Waals surface area contributed by atoms with Crippen molar-refractivity contribution < 1.29 is 9.18 Å². The van der Waals surface area contributed by atoms with E-state index in [0.29, 0.717) is 0 Å². The normalized spacial score (nSPS) is 9.83. The van der Waals surface area contributed by atoms with E-state index >= 15 is 0 Å². The van der Waals surface area contributed by atoms with Crippen LogP contribution in [0.15, 0.2) is 12.1 Å². The van der Waals surface area contributed by atoms with Gasteiger partial charge >= 0.3 is 0 Å². The first-order chi connectivity index (χ1) is 5.52. The van der Waals surface area contributed by atoms with Crippen molar-refractivity contribution in [3.8, 4) is 0 Å². The fourth-order valence-corrected chi connectivity index (χ4v) is 0.905. The van der Waals surface area contributed by atoms with Crippen LogP contribution >= 0.6 is 11.6 Å². The third kappa shape index (κ3) is 1.48. The predicted molar refractivity (Wildman–Crippen MR) is 44.3 cm³/mol. The molecule has 0 bridgehead atoms. The number of nitrogens with two attached hydrogens (primary N) is 2. The second-order valence-corrected chi connectivity index (χ2v) is 2.63. The van der Waals surface area contributed by atoms with Gasteiger partial charge in [0.1, 0.15) is 5.82 Å². The summed E-state index contributed by atoms with van der Waals surface area (Å²) in [5.74, 6) is -1.63. The summed E-state index contributed by atoms with van der Waals surface area (Å²) in [4.78, 5) is 10.6. The molecule has 1 amide bonds. The van der Waals surface area contributed by atoms with Gasteiger partial charge < -0.3 is 11.5 Å². The standard InChI is InChI=1S/C7H6ClFN2O/c8-4-2-5(9)3(7(11)12)1-6(4)10/h1-2H,10H2,(H2,11,12). The Morgan fingerprint density at radius 3 is 2.58 bits per heavy atom. The lowest BCUT2D eigenvalue weighted by Crippen LogP contribution is -2.13. The Kier molecular flexibility index (Phi) is 2.19. The van der Waals surface area contributed by atoms with E-state index in [0.717, 1.165) is 12.1 Å². The van der Waals surface area contributed by atoms with Crippen molar-refractivity contribution in [3.05, 3.63) is 28.5 Å². The molecule has 1 aromatic rings. The highest BCUT2D eigenvalue weighted by atomic mass is 35.5. The van der Waals surface area contributed by atoms with Crippen molar-refractivity contribution in [1.29, 1.82) is 0 Å². The van der Waals surface area contributed by atoms with Gasteiger partial charge in [-0.1, -0.05) is 11.6 Å². The Morgan fingerprint density at radius 1 is 1.50 bits per heavy atom.